The predicted octanol–water partition coefficient (Wildman–Crippen LogP) is 2.54. The van der Waals surface area contributed by atoms with E-state index < -0.39 is 0 Å². The molecule has 2 radical (unpaired) electrons. The van der Waals surface area contributed by atoms with Crippen molar-refractivity contribution in [1.29, 1.82) is 0 Å². The second-order valence-electron chi connectivity index (χ2n) is 1.30. The van der Waals surface area contributed by atoms with E-state index >= 15 is 0 Å². The molecule has 9 heavy (non-hydrogen) atoms. The molecule has 1 aromatic rings. The molecule has 1 rings (SSSR count). The molecule has 0 bridgehead atoms. The van der Waals surface area contributed by atoms with Crippen LogP contribution in [0.25, 0.3) is 0 Å². The van der Waals surface area contributed by atoms with Crippen LogP contribution in [-0.4, -0.2) is 23.1 Å². The van der Waals surface area contributed by atoms with E-state index in [0.29, 0.717) is 0 Å². The van der Waals surface area contributed by atoms with Gasteiger partial charge in [0, 0.05) is 28.1 Å². The average molecular weight is 218 g/mol. The van der Waals surface area contributed by atoms with E-state index in [4.69, 9.17) is 11.6 Å². The maximum Gasteiger partial charge on any atom is 0.0405 e. The first-order valence-electron chi connectivity index (χ1n) is 2.10. The predicted molar refractivity (Wildman–Crippen MR) is 47.5 cm³/mol. The van der Waals surface area contributed by atoms with Crippen LogP contribution in [0.2, 0.25) is 5.02 Å². The molecule has 0 atom stereocenters. The third-order valence-corrected chi connectivity index (χ3v) is 0.985. The Kier molecular flexibility index (Phi) is 9.49. The Balaban J connectivity index is 0. The minimum Gasteiger partial charge on any atom is -0.114 e. The minimum absolute atomic E-state index is 0. The Morgan fingerprint density at radius 1 is 1.00 bits per heavy atom. The van der Waals surface area contributed by atoms with Crippen LogP contribution >= 0.6 is 28.6 Å². The maximum atomic E-state index is 5.54. The van der Waals surface area contributed by atoms with Gasteiger partial charge >= 0.3 is 0 Å². The van der Waals surface area contributed by atoms with Gasteiger partial charge in [-0.15, -0.1) is 17.0 Å². The standard InChI is InChI=1S/C6H5Cl.BrH.Mg/c7-6-4-2-1-3-5-6;;/h1-5H;1H;. The van der Waals surface area contributed by atoms with E-state index in [1.807, 2.05) is 30.3 Å². The van der Waals surface area contributed by atoms with Gasteiger partial charge in [0.05, 0.1) is 0 Å². The second kappa shape index (κ2) is 6.87. The topological polar surface area (TPSA) is 0 Å². The second-order valence-corrected chi connectivity index (χ2v) is 1.73. The van der Waals surface area contributed by atoms with Crippen LogP contribution in [-0.2, 0) is 0 Å². The molecule has 3 heteroatoms. The minimum atomic E-state index is 0. The zero-order valence-corrected chi connectivity index (χ0v) is 8.76. The Labute approximate surface area is 86.5 Å². The summed E-state index contributed by atoms with van der Waals surface area (Å²) >= 11 is 5.54. The van der Waals surface area contributed by atoms with Gasteiger partial charge < -0.3 is 0 Å². The molecule has 0 unspecified atom stereocenters. The fourth-order valence-electron chi connectivity index (χ4n) is 0.415. The fourth-order valence-corrected chi connectivity index (χ4v) is 0.560. The first kappa shape index (κ1) is 12.4. The normalized spacial score (nSPS) is 6.78. The van der Waals surface area contributed by atoms with Crippen molar-refractivity contribution in [3.8, 4) is 0 Å². The van der Waals surface area contributed by atoms with Crippen LogP contribution in [0.3, 0.4) is 0 Å². The molecule has 46 valence electrons. The van der Waals surface area contributed by atoms with Crippen molar-refractivity contribution in [3.05, 3.63) is 35.4 Å². The summed E-state index contributed by atoms with van der Waals surface area (Å²) in [5.41, 5.74) is 0. The number of halogens is 2. The lowest BCUT2D eigenvalue weighted by atomic mass is 10.4. The van der Waals surface area contributed by atoms with Crippen molar-refractivity contribution < 1.29 is 0 Å². The Morgan fingerprint density at radius 2 is 1.44 bits per heavy atom. The third kappa shape index (κ3) is 5.21. The van der Waals surface area contributed by atoms with E-state index in [2.05, 4.69) is 0 Å². The summed E-state index contributed by atoms with van der Waals surface area (Å²) in [4.78, 5) is 0. The molecule has 0 saturated carbocycles. The highest BCUT2D eigenvalue weighted by Gasteiger charge is 1.74. The van der Waals surface area contributed by atoms with Gasteiger partial charge in [0.25, 0.3) is 0 Å². The first-order valence-corrected chi connectivity index (χ1v) is 2.48. The van der Waals surface area contributed by atoms with Gasteiger partial charge in [0.2, 0.25) is 0 Å². The number of hydrogen-bond acceptors (Lipinski definition) is 0. The van der Waals surface area contributed by atoms with E-state index in [0.717, 1.165) is 5.02 Å². The number of rotatable bonds is 0. The smallest absolute Gasteiger partial charge is 0.0405 e. The van der Waals surface area contributed by atoms with Gasteiger partial charge in [0.15, 0.2) is 0 Å². The van der Waals surface area contributed by atoms with E-state index in [-0.39, 0.29) is 40.0 Å². The van der Waals surface area contributed by atoms with Crippen molar-refractivity contribution in [2.45, 2.75) is 0 Å². The molecular formula is C6H6BrClMg. The summed E-state index contributed by atoms with van der Waals surface area (Å²) in [5, 5.41) is 0.794. The van der Waals surface area contributed by atoms with Crippen molar-refractivity contribution in [2.75, 3.05) is 0 Å². The molecule has 0 N–H and O–H groups in total. The highest BCUT2D eigenvalue weighted by molar-refractivity contribution is 8.93. The number of benzene rings is 1. The summed E-state index contributed by atoms with van der Waals surface area (Å²) < 4.78 is 0. The van der Waals surface area contributed by atoms with Gasteiger partial charge in [-0.1, -0.05) is 29.8 Å². The van der Waals surface area contributed by atoms with Gasteiger partial charge in [-0.25, -0.2) is 0 Å². The van der Waals surface area contributed by atoms with Crippen molar-refractivity contribution in [1.82, 2.24) is 0 Å². The molecule has 0 fully saturated rings. The fraction of sp³-hybridized carbons (Fsp3) is 0. The molecule has 0 heterocycles. The Morgan fingerprint density at radius 3 is 1.67 bits per heavy atom. The summed E-state index contributed by atoms with van der Waals surface area (Å²) in [6, 6.07) is 9.44. The third-order valence-electron chi connectivity index (χ3n) is 0.733. The lowest BCUT2D eigenvalue weighted by Crippen LogP contribution is -1.55. The largest absolute Gasteiger partial charge is 0.114 e. The first-order chi connectivity index (χ1) is 3.39. The molecule has 0 spiro atoms. The molecular weight excluding hydrogens is 212 g/mol. The van der Waals surface area contributed by atoms with Crippen LogP contribution in [0.4, 0.5) is 0 Å². The lowest BCUT2D eigenvalue weighted by Gasteiger charge is -1.80. The van der Waals surface area contributed by atoms with Crippen LogP contribution < -0.4 is 0 Å². The molecule has 0 aliphatic rings. The summed E-state index contributed by atoms with van der Waals surface area (Å²) in [5.74, 6) is 0. The van der Waals surface area contributed by atoms with Crippen LogP contribution in [0.5, 0.6) is 0 Å². The maximum absolute atomic E-state index is 5.54. The molecule has 0 aliphatic carbocycles. The van der Waals surface area contributed by atoms with Crippen LogP contribution in [0.1, 0.15) is 0 Å². The SMILES string of the molecule is Br.Clc1ccccc1.[Mg]. The van der Waals surface area contributed by atoms with Gasteiger partial charge in [0.1, 0.15) is 0 Å². The average Bonchev–Trinajstić information content (AvgIpc) is 1.69. The van der Waals surface area contributed by atoms with Crippen molar-refractivity contribution in [2.24, 2.45) is 0 Å². The Bertz CT molecular complexity index is 143. The molecule has 0 aromatic heterocycles. The summed E-state index contributed by atoms with van der Waals surface area (Å²) in [6.07, 6.45) is 0. The zero-order valence-electron chi connectivity index (χ0n) is 4.88. The van der Waals surface area contributed by atoms with Gasteiger partial charge in [-0.3, -0.25) is 0 Å². The van der Waals surface area contributed by atoms with Crippen LogP contribution in [0.15, 0.2) is 30.3 Å². The van der Waals surface area contributed by atoms with E-state index in [1.165, 1.54) is 0 Å². The van der Waals surface area contributed by atoms with E-state index in [9.17, 15) is 0 Å². The zero-order chi connectivity index (χ0) is 5.11. The molecule has 1 aromatic carbocycles. The van der Waals surface area contributed by atoms with Crippen LogP contribution in [0, 0.1) is 0 Å². The molecule has 0 amide bonds. The number of hydrogen-bond donors (Lipinski definition) is 0. The summed E-state index contributed by atoms with van der Waals surface area (Å²) in [7, 11) is 0. The Hall–Kier alpha value is 0.756. The van der Waals surface area contributed by atoms with Crippen molar-refractivity contribution >= 4 is 51.6 Å². The summed E-state index contributed by atoms with van der Waals surface area (Å²) in [6.45, 7) is 0. The highest BCUT2D eigenvalue weighted by Crippen LogP contribution is 2.03. The lowest BCUT2D eigenvalue weighted by molar-refractivity contribution is 1.71. The molecule has 0 aliphatic heterocycles. The van der Waals surface area contributed by atoms with Gasteiger partial charge in [-0.05, 0) is 12.1 Å². The molecule has 0 nitrogen and oxygen atoms in total. The van der Waals surface area contributed by atoms with Gasteiger partial charge in [-0.2, -0.15) is 0 Å². The quantitative estimate of drug-likeness (QED) is 0.586. The van der Waals surface area contributed by atoms with Crippen molar-refractivity contribution in [3.63, 3.8) is 0 Å². The highest BCUT2D eigenvalue weighted by atomic mass is 79.9. The van der Waals surface area contributed by atoms with E-state index in [1.54, 1.807) is 0 Å². The molecule has 0 saturated heterocycles. The monoisotopic (exact) mass is 216 g/mol.